The molecule has 39 heavy (non-hydrogen) atoms. The number of aliphatic imine (C=N–C) groups is 2. The predicted molar refractivity (Wildman–Crippen MR) is 128 cm³/mol. The molecular weight excluding hydrogens is 525 g/mol. The molecule has 1 aromatic carbocycles. The fraction of sp³-hybridized carbons (Fsp3) is 0.522. The normalized spacial score (nSPS) is 29.5. The molecule has 0 unspecified atom stereocenters. The number of carbonyl (C=O) groups excluding carboxylic acids is 3. The van der Waals surface area contributed by atoms with Gasteiger partial charge in [0.2, 0.25) is 23.5 Å². The van der Waals surface area contributed by atoms with Crippen molar-refractivity contribution in [3.63, 3.8) is 0 Å². The number of hydrogen-bond donors (Lipinski definition) is 6. The monoisotopic (exact) mass is 552 g/mol. The van der Waals surface area contributed by atoms with E-state index in [0.29, 0.717) is 5.56 Å². The number of imide groups is 1. The zero-order valence-electron chi connectivity index (χ0n) is 20.7. The minimum Gasteiger partial charge on any atom is -0.370 e. The third kappa shape index (κ3) is 4.23. The molecule has 5 rings (SSSR count). The lowest BCUT2D eigenvalue weighted by molar-refractivity contribution is -0.232. The summed E-state index contributed by atoms with van der Waals surface area (Å²) in [6, 6.07) is -0.282. The summed E-state index contributed by atoms with van der Waals surface area (Å²) in [5.41, 5.74) is 9.67. The molecule has 0 bridgehead atoms. The molecule has 2 fully saturated rings. The average molecular weight is 553 g/mol. The number of rotatable bonds is 5. The van der Waals surface area contributed by atoms with Gasteiger partial charge in [-0.25, -0.2) is 9.98 Å². The molecule has 13 nitrogen and oxygen atoms in total. The number of likely N-dealkylation sites (tertiary alicyclic amines) is 1. The van der Waals surface area contributed by atoms with Crippen LogP contribution in [0.2, 0.25) is 0 Å². The Labute approximate surface area is 219 Å². The highest BCUT2D eigenvalue weighted by Gasteiger charge is 2.73. The van der Waals surface area contributed by atoms with Gasteiger partial charge in [-0.3, -0.25) is 19.3 Å². The summed E-state index contributed by atoms with van der Waals surface area (Å²) in [4.78, 5) is 48.2. The first-order valence-corrected chi connectivity index (χ1v) is 12.1. The number of halogens is 3. The SMILES string of the molecule is Cc1cc(CC(=O)N[C@H]2CN3C(N)=N[C@@H](CN4C(=O)CCC4=O)[C@@H]4N=C(N)N[C@@]43C2(O)O)cc(C(F)(F)F)c1. The molecule has 0 radical (unpaired) electrons. The van der Waals surface area contributed by atoms with E-state index in [1.54, 1.807) is 0 Å². The van der Waals surface area contributed by atoms with E-state index in [1.807, 2.05) is 0 Å². The Kier molecular flexibility index (Phi) is 6.02. The van der Waals surface area contributed by atoms with Crippen LogP contribution in [0.15, 0.2) is 28.2 Å². The van der Waals surface area contributed by atoms with Crippen molar-refractivity contribution in [1.82, 2.24) is 20.4 Å². The minimum absolute atomic E-state index is 0.0415. The van der Waals surface area contributed by atoms with Gasteiger partial charge >= 0.3 is 6.18 Å². The first-order chi connectivity index (χ1) is 18.1. The highest BCUT2D eigenvalue weighted by molar-refractivity contribution is 6.02. The molecule has 0 saturated carbocycles. The van der Waals surface area contributed by atoms with Crippen molar-refractivity contribution < 1.29 is 37.8 Å². The summed E-state index contributed by atoms with van der Waals surface area (Å²) < 4.78 is 39.6. The van der Waals surface area contributed by atoms with E-state index < -0.39 is 65.5 Å². The van der Waals surface area contributed by atoms with Crippen molar-refractivity contribution in [2.45, 2.75) is 61.9 Å². The van der Waals surface area contributed by atoms with Gasteiger partial charge in [-0.15, -0.1) is 0 Å². The lowest BCUT2D eigenvalue weighted by atomic mass is 9.84. The Morgan fingerprint density at radius 2 is 1.85 bits per heavy atom. The van der Waals surface area contributed by atoms with Crippen LogP contribution in [0.4, 0.5) is 13.2 Å². The van der Waals surface area contributed by atoms with Crippen LogP contribution in [0, 0.1) is 6.92 Å². The van der Waals surface area contributed by atoms with E-state index in [-0.39, 0.29) is 43.4 Å². The van der Waals surface area contributed by atoms with Crippen LogP contribution in [0.3, 0.4) is 0 Å². The average Bonchev–Trinajstić information content (AvgIpc) is 3.41. The Morgan fingerprint density at radius 1 is 1.18 bits per heavy atom. The maximum absolute atomic E-state index is 13.2. The van der Waals surface area contributed by atoms with Crippen molar-refractivity contribution >= 4 is 29.6 Å². The molecule has 8 N–H and O–H groups in total. The maximum Gasteiger partial charge on any atom is 0.416 e. The van der Waals surface area contributed by atoms with E-state index >= 15 is 0 Å². The molecule has 3 amide bonds. The molecule has 0 aliphatic carbocycles. The van der Waals surface area contributed by atoms with Crippen LogP contribution in [0.1, 0.15) is 29.5 Å². The molecule has 4 aliphatic rings. The minimum atomic E-state index is -4.60. The lowest BCUT2D eigenvalue weighted by Gasteiger charge is -2.49. The molecule has 2 saturated heterocycles. The quantitative estimate of drug-likeness (QED) is 0.174. The van der Waals surface area contributed by atoms with Crippen LogP contribution in [0.5, 0.6) is 0 Å². The van der Waals surface area contributed by atoms with Gasteiger partial charge in [-0.1, -0.05) is 11.6 Å². The largest absolute Gasteiger partial charge is 0.416 e. The van der Waals surface area contributed by atoms with Crippen LogP contribution < -0.4 is 22.1 Å². The number of alkyl halides is 3. The van der Waals surface area contributed by atoms with Crippen molar-refractivity contribution in [3.05, 3.63) is 34.9 Å². The summed E-state index contributed by atoms with van der Waals surface area (Å²) in [6.07, 6.45) is -4.98. The fourth-order valence-corrected chi connectivity index (χ4v) is 5.81. The molecule has 1 aromatic rings. The molecule has 0 aromatic heterocycles. The predicted octanol–water partition coefficient (Wildman–Crippen LogP) is -2.13. The van der Waals surface area contributed by atoms with E-state index in [2.05, 4.69) is 20.6 Å². The number of aryl methyl sites for hydroxylation is 1. The topological polar surface area (TPSA) is 199 Å². The van der Waals surface area contributed by atoms with Crippen LogP contribution >= 0.6 is 0 Å². The Morgan fingerprint density at radius 3 is 2.49 bits per heavy atom. The van der Waals surface area contributed by atoms with Crippen molar-refractivity contribution in [1.29, 1.82) is 0 Å². The van der Waals surface area contributed by atoms with Gasteiger partial charge in [0.05, 0.1) is 24.6 Å². The van der Waals surface area contributed by atoms with Gasteiger partial charge in [0, 0.05) is 19.4 Å². The Hall–Kier alpha value is -3.92. The molecule has 4 atom stereocenters. The van der Waals surface area contributed by atoms with Crippen LogP contribution in [0.25, 0.3) is 0 Å². The number of guanidine groups is 2. The second-order valence-electron chi connectivity index (χ2n) is 10.1. The highest BCUT2D eigenvalue weighted by Crippen LogP contribution is 2.45. The second kappa shape index (κ2) is 8.81. The van der Waals surface area contributed by atoms with Crippen molar-refractivity contribution in [2.24, 2.45) is 21.5 Å². The summed E-state index contributed by atoms with van der Waals surface area (Å²) in [7, 11) is 0. The van der Waals surface area contributed by atoms with E-state index in [9.17, 15) is 37.8 Å². The first-order valence-electron chi connectivity index (χ1n) is 12.1. The summed E-state index contributed by atoms with van der Waals surface area (Å²) >= 11 is 0. The number of hydrogen-bond acceptors (Lipinski definition) is 11. The van der Waals surface area contributed by atoms with E-state index in [0.717, 1.165) is 17.0 Å². The Bertz CT molecular complexity index is 1300. The molecule has 210 valence electrons. The van der Waals surface area contributed by atoms with E-state index in [4.69, 9.17) is 11.5 Å². The van der Waals surface area contributed by atoms with Gasteiger partial charge in [0.15, 0.2) is 17.6 Å². The smallest absolute Gasteiger partial charge is 0.370 e. The first kappa shape index (κ1) is 26.7. The summed E-state index contributed by atoms with van der Waals surface area (Å²) in [6.45, 7) is 0.977. The maximum atomic E-state index is 13.2. The standard InChI is InChI=1S/C23H27F3N8O5/c1-10-4-11(6-12(5-10)23(24,25)26)7-15(35)30-14-9-34-20(28)29-13(8-33-16(36)2-3-17(33)37)18-21(34,22(14,38)39)32-19(27)31-18/h4-6,13-14,18,38-39H,2-3,7-9H2,1H3,(H2,28,29)(H,30,35)(H3,27,31,32)/t13-,14-,18-,21-/m0/s1. The van der Waals surface area contributed by atoms with Crippen LogP contribution in [-0.2, 0) is 27.0 Å². The third-order valence-corrected chi connectivity index (χ3v) is 7.49. The lowest BCUT2D eigenvalue weighted by Crippen LogP contribution is -2.78. The van der Waals surface area contributed by atoms with Gasteiger partial charge in [0.25, 0.3) is 0 Å². The van der Waals surface area contributed by atoms with Gasteiger partial charge < -0.3 is 37.2 Å². The summed E-state index contributed by atoms with van der Waals surface area (Å²) in [5, 5.41) is 28.1. The highest BCUT2D eigenvalue weighted by atomic mass is 19.4. The zero-order valence-corrected chi connectivity index (χ0v) is 20.7. The molecule has 4 heterocycles. The van der Waals surface area contributed by atoms with Gasteiger partial charge in [-0.2, -0.15) is 13.2 Å². The number of benzene rings is 1. The third-order valence-electron chi connectivity index (χ3n) is 7.49. The zero-order chi connectivity index (χ0) is 28.5. The van der Waals surface area contributed by atoms with Gasteiger partial charge in [0.1, 0.15) is 12.1 Å². The number of carbonyl (C=O) groups is 3. The van der Waals surface area contributed by atoms with Crippen molar-refractivity contribution in [2.75, 3.05) is 13.1 Å². The number of nitrogens with zero attached hydrogens (tertiary/aromatic N) is 4. The molecule has 4 aliphatic heterocycles. The number of nitrogens with two attached hydrogens (primary N) is 2. The van der Waals surface area contributed by atoms with E-state index in [1.165, 1.54) is 17.9 Å². The summed E-state index contributed by atoms with van der Waals surface area (Å²) in [5.74, 6) is -4.73. The molecular formula is C23H27F3N8O5. The van der Waals surface area contributed by atoms with Gasteiger partial charge in [-0.05, 0) is 24.6 Å². The number of nitrogens with one attached hydrogen (secondary N) is 2. The second-order valence-corrected chi connectivity index (χ2v) is 10.1. The molecule has 1 spiro atoms. The molecule has 16 heteroatoms. The fourth-order valence-electron chi connectivity index (χ4n) is 5.81. The number of amides is 3. The number of aliphatic hydroxyl groups is 2. The Balaban J connectivity index is 1.39. The van der Waals surface area contributed by atoms with Crippen LogP contribution in [-0.4, -0.2) is 92.3 Å². The van der Waals surface area contributed by atoms with Crippen molar-refractivity contribution in [3.8, 4) is 0 Å².